The number of hydrogen-bond donors (Lipinski definition) is 1. The number of halogens is 1. The molecule has 6 heteroatoms. The molecule has 1 saturated heterocycles. The van der Waals surface area contributed by atoms with Crippen LogP contribution in [0.1, 0.15) is 12.0 Å². The molecule has 2 aromatic carbocycles. The number of anilines is 1. The zero-order chi connectivity index (χ0) is 17.6. The summed E-state index contributed by atoms with van der Waals surface area (Å²) in [6.45, 7) is 3.13. The van der Waals surface area contributed by atoms with Crippen LogP contribution in [0, 0.1) is 0 Å². The Bertz CT molecular complexity index is 721. The van der Waals surface area contributed by atoms with E-state index < -0.39 is 0 Å². The molecule has 0 atom stereocenters. The van der Waals surface area contributed by atoms with Crippen LogP contribution >= 0.6 is 11.6 Å². The molecule has 0 spiro atoms. The number of nitrogens with one attached hydrogen (secondary N) is 1. The molecule has 1 heterocycles. The Kier molecular flexibility index (Phi) is 5.79. The van der Waals surface area contributed by atoms with Crippen molar-refractivity contribution in [2.75, 3.05) is 32.2 Å². The van der Waals surface area contributed by atoms with E-state index in [4.69, 9.17) is 16.3 Å². The highest BCUT2D eigenvalue weighted by molar-refractivity contribution is 6.30. The maximum Gasteiger partial charge on any atom is 0.322 e. The van der Waals surface area contributed by atoms with Gasteiger partial charge < -0.3 is 15.0 Å². The van der Waals surface area contributed by atoms with Gasteiger partial charge in [0.05, 0.1) is 13.8 Å². The van der Waals surface area contributed by atoms with Crippen molar-refractivity contribution < 1.29 is 9.53 Å². The molecule has 2 aromatic rings. The highest BCUT2D eigenvalue weighted by Crippen LogP contribution is 2.18. The molecular formula is C19H22ClN3O2. The van der Waals surface area contributed by atoms with E-state index >= 15 is 0 Å². The normalized spacial score (nSPS) is 15.0. The van der Waals surface area contributed by atoms with Crippen molar-refractivity contribution in [2.45, 2.75) is 13.0 Å². The molecule has 0 unspecified atom stereocenters. The zero-order valence-corrected chi connectivity index (χ0v) is 15.0. The number of hydrogen-bond acceptors (Lipinski definition) is 3. The van der Waals surface area contributed by atoms with Gasteiger partial charge in [0.1, 0.15) is 5.75 Å². The Morgan fingerprint density at radius 2 is 2.00 bits per heavy atom. The van der Waals surface area contributed by atoms with Gasteiger partial charge in [-0.25, -0.2) is 4.79 Å². The summed E-state index contributed by atoms with van der Waals surface area (Å²) in [6, 6.07) is 15.1. The highest BCUT2D eigenvalue weighted by atomic mass is 35.5. The topological polar surface area (TPSA) is 44.8 Å². The number of carbonyl (C=O) groups excluding carboxylic acids is 1. The molecule has 132 valence electrons. The van der Waals surface area contributed by atoms with Crippen LogP contribution in [0.25, 0.3) is 0 Å². The van der Waals surface area contributed by atoms with Gasteiger partial charge >= 0.3 is 6.03 Å². The molecule has 0 aliphatic carbocycles. The van der Waals surface area contributed by atoms with Gasteiger partial charge in [-0.15, -0.1) is 0 Å². The second-order valence-electron chi connectivity index (χ2n) is 6.10. The SMILES string of the molecule is COc1cccc(CN2CCCN(C(=O)Nc3ccc(Cl)cc3)C2)c1. The van der Waals surface area contributed by atoms with Crippen molar-refractivity contribution in [3.63, 3.8) is 0 Å². The largest absolute Gasteiger partial charge is 0.497 e. The third-order valence-electron chi connectivity index (χ3n) is 4.20. The number of carbonyl (C=O) groups is 1. The number of rotatable bonds is 4. The van der Waals surface area contributed by atoms with Crippen molar-refractivity contribution >= 4 is 23.3 Å². The smallest absolute Gasteiger partial charge is 0.322 e. The predicted molar refractivity (Wildman–Crippen MR) is 100 cm³/mol. The van der Waals surface area contributed by atoms with E-state index in [2.05, 4.69) is 16.3 Å². The van der Waals surface area contributed by atoms with Gasteiger partial charge in [0, 0.05) is 30.3 Å². The monoisotopic (exact) mass is 359 g/mol. The fourth-order valence-corrected chi connectivity index (χ4v) is 3.05. The van der Waals surface area contributed by atoms with Crippen LogP contribution in [-0.2, 0) is 6.54 Å². The number of amides is 2. The molecular weight excluding hydrogens is 338 g/mol. The predicted octanol–water partition coefficient (Wildman–Crippen LogP) is 4.05. The Hall–Kier alpha value is -2.24. The van der Waals surface area contributed by atoms with Crippen LogP contribution in [0.3, 0.4) is 0 Å². The first kappa shape index (κ1) is 17.6. The standard InChI is InChI=1S/C19H22ClN3O2/c1-25-18-5-2-4-15(12-18)13-22-10-3-11-23(14-22)19(24)21-17-8-6-16(20)7-9-17/h2,4-9,12H,3,10-11,13-14H2,1H3,(H,21,24). The van der Waals surface area contributed by atoms with Crippen molar-refractivity contribution in [3.8, 4) is 5.75 Å². The summed E-state index contributed by atoms with van der Waals surface area (Å²) < 4.78 is 5.28. The first-order valence-electron chi connectivity index (χ1n) is 8.31. The fraction of sp³-hybridized carbons (Fsp3) is 0.316. The van der Waals surface area contributed by atoms with E-state index in [0.717, 1.165) is 37.5 Å². The number of methoxy groups -OCH3 is 1. The van der Waals surface area contributed by atoms with E-state index in [1.165, 1.54) is 5.56 Å². The summed E-state index contributed by atoms with van der Waals surface area (Å²) >= 11 is 5.88. The van der Waals surface area contributed by atoms with Crippen molar-refractivity contribution in [1.29, 1.82) is 0 Å². The van der Waals surface area contributed by atoms with Crippen LogP contribution in [0.5, 0.6) is 5.75 Å². The first-order valence-corrected chi connectivity index (χ1v) is 8.68. The molecule has 1 aliphatic heterocycles. The van der Waals surface area contributed by atoms with E-state index in [1.54, 1.807) is 31.4 Å². The zero-order valence-electron chi connectivity index (χ0n) is 14.2. The minimum absolute atomic E-state index is 0.0855. The molecule has 1 fully saturated rings. The Labute approximate surface area is 153 Å². The maximum atomic E-state index is 12.5. The van der Waals surface area contributed by atoms with Crippen LogP contribution in [0.2, 0.25) is 5.02 Å². The van der Waals surface area contributed by atoms with Crippen LogP contribution < -0.4 is 10.1 Å². The van der Waals surface area contributed by atoms with Crippen LogP contribution in [0.15, 0.2) is 48.5 Å². The molecule has 1 N–H and O–H groups in total. The lowest BCUT2D eigenvalue weighted by molar-refractivity contribution is 0.105. The molecule has 1 aliphatic rings. The van der Waals surface area contributed by atoms with Gasteiger partial charge in [0.15, 0.2) is 0 Å². The second-order valence-corrected chi connectivity index (χ2v) is 6.54. The molecule has 0 aromatic heterocycles. The van der Waals surface area contributed by atoms with E-state index in [-0.39, 0.29) is 6.03 Å². The van der Waals surface area contributed by atoms with Crippen molar-refractivity contribution in [1.82, 2.24) is 9.80 Å². The molecule has 0 saturated carbocycles. The second kappa shape index (κ2) is 8.23. The fourth-order valence-electron chi connectivity index (χ4n) is 2.93. The Morgan fingerprint density at radius 3 is 2.76 bits per heavy atom. The minimum Gasteiger partial charge on any atom is -0.497 e. The van der Waals surface area contributed by atoms with Gasteiger partial charge in [-0.05, 0) is 48.4 Å². The molecule has 3 rings (SSSR count). The molecule has 5 nitrogen and oxygen atoms in total. The number of urea groups is 1. The van der Waals surface area contributed by atoms with Gasteiger partial charge in [0.25, 0.3) is 0 Å². The average Bonchev–Trinajstić information content (AvgIpc) is 2.64. The maximum absolute atomic E-state index is 12.5. The molecule has 0 radical (unpaired) electrons. The number of benzene rings is 2. The summed E-state index contributed by atoms with van der Waals surface area (Å²) in [5.74, 6) is 0.854. The Morgan fingerprint density at radius 1 is 1.20 bits per heavy atom. The summed E-state index contributed by atoms with van der Waals surface area (Å²) in [6.07, 6.45) is 0.956. The quantitative estimate of drug-likeness (QED) is 0.895. The molecule has 0 bridgehead atoms. The Balaban J connectivity index is 1.58. The van der Waals surface area contributed by atoms with E-state index in [9.17, 15) is 4.79 Å². The third-order valence-corrected chi connectivity index (χ3v) is 4.45. The lowest BCUT2D eigenvalue weighted by Crippen LogP contribution is -2.48. The van der Waals surface area contributed by atoms with Gasteiger partial charge in [-0.3, -0.25) is 4.90 Å². The van der Waals surface area contributed by atoms with Crippen molar-refractivity contribution in [3.05, 3.63) is 59.1 Å². The number of ether oxygens (including phenoxy) is 1. The lowest BCUT2D eigenvalue weighted by Gasteiger charge is -2.35. The molecule has 2 amide bonds. The lowest BCUT2D eigenvalue weighted by atomic mass is 10.2. The highest BCUT2D eigenvalue weighted by Gasteiger charge is 2.22. The van der Waals surface area contributed by atoms with Crippen LogP contribution in [-0.4, -0.2) is 42.7 Å². The summed E-state index contributed by atoms with van der Waals surface area (Å²) in [7, 11) is 1.67. The van der Waals surface area contributed by atoms with Crippen molar-refractivity contribution in [2.24, 2.45) is 0 Å². The minimum atomic E-state index is -0.0855. The van der Waals surface area contributed by atoms with Gasteiger partial charge in [-0.2, -0.15) is 0 Å². The summed E-state index contributed by atoms with van der Waals surface area (Å²) in [5, 5.41) is 3.58. The number of nitrogens with zero attached hydrogens (tertiary/aromatic N) is 2. The van der Waals surface area contributed by atoms with Crippen LogP contribution in [0.4, 0.5) is 10.5 Å². The van der Waals surface area contributed by atoms with Gasteiger partial charge in [0.2, 0.25) is 0 Å². The van der Waals surface area contributed by atoms with Gasteiger partial charge in [-0.1, -0.05) is 23.7 Å². The van der Waals surface area contributed by atoms with E-state index in [1.807, 2.05) is 23.1 Å². The third kappa shape index (κ3) is 4.87. The summed E-state index contributed by atoms with van der Waals surface area (Å²) in [4.78, 5) is 16.6. The average molecular weight is 360 g/mol. The molecule has 25 heavy (non-hydrogen) atoms. The summed E-state index contributed by atoms with van der Waals surface area (Å²) in [5.41, 5.74) is 1.93. The first-order chi connectivity index (χ1) is 12.1. The van der Waals surface area contributed by atoms with E-state index in [0.29, 0.717) is 11.7 Å².